The summed E-state index contributed by atoms with van der Waals surface area (Å²) in [5.41, 5.74) is 5.12. The summed E-state index contributed by atoms with van der Waals surface area (Å²) < 4.78 is 27.0. The summed E-state index contributed by atoms with van der Waals surface area (Å²) in [5.74, 6) is 0.946. The molecule has 4 aromatic rings. The van der Waals surface area contributed by atoms with Gasteiger partial charge in [0.25, 0.3) is 0 Å². The average molecular weight is 436 g/mol. The molecule has 3 heterocycles. The zero-order chi connectivity index (χ0) is 21.4. The molecule has 2 aromatic heterocycles. The molecule has 5 rings (SSSR count). The molecule has 2 aromatic carbocycles. The number of aromatic amines is 1. The third-order valence-corrected chi connectivity index (χ3v) is 7.22. The fourth-order valence-corrected chi connectivity index (χ4v) is 5.10. The second-order valence-corrected chi connectivity index (χ2v) is 10.1. The highest BCUT2D eigenvalue weighted by Crippen LogP contribution is 2.27. The van der Waals surface area contributed by atoms with E-state index < -0.39 is 10.0 Å². The van der Waals surface area contributed by atoms with Gasteiger partial charge in [-0.25, -0.2) is 17.7 Å². The van der Waals surface area contributed by atoms with Crippen LogP contribution < -0.4 is 0 Å². The summed E-state index contributed by atoms with van der Waals surface area (Å²) in [4.78, 5) is 8.15. The minimum Gasteiger partial charge on any atom is -0.342 e. The van der Waals surface area contributed by atoms with Crippen molar-refractivity contribution < 1.29 is 8.42 Å². The first-order chi connectivity index (χ1) is 15.0. The Kier molecular flexibility index (Phi) is 5.11. The average Bonchev–Trinajstić information content (AvgIpc) is 3.40. The standard InChI is InChI=1S/C23H25N5O2S/c1-31(29,30)27-12-9-19(10-13-27)28-14-11-20(26-28)18-7-8-21-22(16-18)25-23(24-21)15-17-5-3-2-4-6-17/h2-8,11,14,16,19H,9-10,12-13,15H2,1H3,(H,24,25). The molecule has 1 aliphatic heterocycles. The van der Waals surface area contributed by atoms with Gasteiger partial charge < -0.3 is 4.98 Å². The van der Waals surface area contributed by atoms with Crippen molar-refractivity contribution in [1.29, 1.82) is 0 Å². The number of imidazole rings is 1. The van der Waals surface area contributed by atoms with E-state index in [0.29, 0.717) is 13.1 Å². The number of sulfonamides is 1. The van der Waals surface area contributed by atoms with Crippen LogP contribution in [-0.2, 0) is 16.4 Å². The van der Waals surface area contributed by atoms with Crippen LogP contribution in [0.4, 0.5) is 0 Å². The summed E-state index contributed by atoms with van der Waals surface area (Å²) in [5, 5.41) is 4.79. The second-order valence-electron chi connectivity index (χ2n) is 8.15. The van der Waals surface area contributed by atoms with Gasteiger partial charge in [0.1, 0.15) is 5.82 Å². The zero-order valence-corrected chi connectivity index (χ0v) is 18.2. The largest absolute Gasteiger partial charge is 0.342 e. The van der Waals surface area contributed by atoms with Crippen LogP contribution in [0.5, 0.6) is 0 Å². The third-order valence-electron chi connectivity index (χ3n) is 5.92. The van der Waals surface area contributed by atoms with E-state index in [2.05, 4.69) is 29.2 Å². The Bertz CT molecular complexity index is 1300. The van der Waals surface area contributed by atoms with Gasteiger partial charge in [0.15, 0.2) is 0 Å². The van der Waals surface area contributed by atoms with Crippen LogP contribution in [0.3, 0.4) is 0 Å². The Balaban J connectivity index is 1.33. The molecular weight excluding hydrogens is 410 g/mol. The number of hydrogen-bond donors (Lipinski definition) is 1. The van der Waals surface area contributed by atoms with E-state index in [1.807, 2.05) is 41.2 Å². The molecular formula is C23H25N5O2S. The van der Waals surface area contributed by atoms with Crippen LogP contribution in [0.25, 0.3) is 22.3 Å². The Morgan fingerprint density at radius 1 is 1.06 bits per heavy atom. The lowest BCUT2D eigenvalue weighted by Crippen LogP contribution is -2.38. The predicted molar refractivity (Wildman–Crippen MR) is 121 cm³/mol. The summed E-state index contributed by atoms with van der Waals surface area (Å²) in [6.07, 6.45) is 5.59. The van der Waals surface area contributed by atoms with Gasteiger partial charge in [-0.15, -0.1) is 0 Å². The van der Waals surface area contributed by atoms with Crippen molar-refractivity contribution in [2.24, 2.45) is 0 Å². The number of nitrogens with zero attached hydrogens (tertiary/aromatic N) is 4. The first kappa shape index (κ1) is 20.0. The molecule has 0 aliphatic carbocycles. The van der Waals surface area contributed by atoms with E-state index in [1.54, 1.807) is 4.31 Å². The molecule has 7 nitrogen and oxygen atoms in total. The number of nitrogens with one attached hydrogen (secondary N) is 1. The quantitative estimate of drug-likeness (QED) is 0.519. The Hall–Kier alpha value is -2.97. The zero-order valence-electron chi connectivity index (χ0n) is 17.4. The molecule has 1 fully saturated rings. The van der Waals surface area contributed by atoms with Gasteiger partial charge in [-0.1, -0.05) is 36.4 Å². The van der Waals surface area contributed by atoms with E-state index in [4.69, 9.17) is 10.1 Å². The molecule has 0 radical (unpaired) electrons. The number of piperidine rings is 1. The van der Waals surface area contributed by atoms with Crippen LogP contribution in [0.15, 0.2) is 60.8 Å². The number of hydrogen-bond acceptors (Lipinski definition) is 4. The number of H-pyrrole nitrogens is 1. The topological polar surface area (TPSA) is 83.9 Å². The van der Waals surface area contributed by atoms with Gasteiger partial charge in [0, 0.05) is 31.3 Å². The lowest BCUT2D eigenvalue weighted by Gasteiger charge is -2.30. The summed E-state index contributed by atoms with van der Waals surface area (Å²) in [7, 11) is -3.11. The fourth-order valence-electron chi connectivity index (χ4n) is 4.23. The maximum absolute atomic E-state index is 11.7. The fraction of sp³-hybridized carbons (Fsp3) is 0.304. The predicted octanol–water partition coefficient (Wildman–Crippen LogP) is 3.61. The second kappa shape index (κ2) is 7.94. The molecule has 0 atom stereocenters. The molecule has 1 N–H and O–H groups in total. The smallest absolute Gasteiger partial charge is 0.211 e. The Morgan fingerprint density at radius 2 is 1.84 bits per heavy atom. The molecule has 160 valence electrons. The molecule has 1 saturated heterocycles. The molecule has 0 bridgehead atoms. The summed E-state index contributed by atoms with van der Waals surface area (Å²) in [6, 6.07) is 18.7. The normalized spacial score (nSPS) is 16.2. The first-order valence-electron chi connectivity index (χ1n) is 10.5. The van der Waals surface area contributed by atoms with Crippen LogP contribution >= 0.6 is 0 Å². The van der Waals surface area contributed by atoms with E-state index >= 15 is 0 Å². The Labute approximate surface area is 181 Å². The molecule has 8 heteroatoms. The maximum Gasteiger partial charge on any atom is 0.211 e. The highest BCUT2D eigenvalue weighted by atomic mass is 32.2. The van der Waals surface area contributed by atoms with Crippen LogP contribution in [0, 0.1) is 0 Å². The maximum atomic E-state index is 11.7. The first-order valence-corrected chi connectivity index (χ1v) is 12.3. The number of benzene rings is 2. The van der Waals surface area contributed by atoms with Gasteiger partial charge in [-0.3, -0.25) is 4.68 Å². The van der Waals surface area contributed by atoms with Crippen molar-refractivity contribution >= 4 is 21.1 Å². The van der Waals surface area contributed by atoms with Gasteiger partial charge in [-0.2, -0.15) is 5.10 Å². The highest BCUT2D eigenvalue weighted by Gasteiger charge is 2.26. The molecule has 31 heavy (non-hydrogen) atoms. The number of fused-ring (bicyclic) bond motifs is 1. The van der Waals surface area contributed by atoms with Gasteiger partial charge in [0.2, 0.25) is 10.0 Å². The molecule has 0 saturated carbocycles. The SMILES string of the molecule is CS(=O)(=O)N1CCC(n2ccc(-c3ccc4nc(Cc5ccccc5)[nH]c4c3)n2)CC1. The van der Waals surface area contributed by atoms with Crippen LogP contribution in [-0.4, -0.2) is 51.8 Å². The van der Waals surface area contributed by atoms with E-state index in [-0.39, 0.29) is 6.04 Å². The van der Waals surface area contributed by atoms with Crippen molar-refractivity contribution in [2.75, 3.05) is 19.3 Å². The summed E-state index contributed by atoms with van der Waals surface area (Å²) >= 11 is 0. The Morgan fingerprint density at radius 3 is 2.58 bits per heavy atom. The minimum atomic E-state index is -3.11. The van der Waals surface area contributed by atoms with E-state index in [0.717, 1.165) is 47.4 Å². The van der Waals surface area contributed by atoms with Crippen molar-refractivity contribution in [3.8, 4) is 11.3 Å². The van der Waals surface area contributed by atoms with Crippen molar-refractivity contribution in [3.05, 3.63) is 72.2 Å². The van der Waals surface area contributed by atoms with Gasteiger partial charge in [0.05, 0.1) is 29.0 Å². The molecule has 0 spiro atoms. The van der Waals surface area contributed by atoms with Gasteiger partial charge >= 0.3 is 0 Å². The highest BCUT2D eigenvalue weighted by molar-refractivity contribution is 7.88. The van der Waals surface area contributed by atoms with Crippen LogP contribution in [0.1, 0.15) is 30.3 Å². The molecule has 0 amide bonds. The lowest BCUT2D eigenvalue weighted by molar-refractivity contribution is 0.262. The van der Waals surface area contributed by atoms with Crippen molar-refractivity contribution in [2.45, 2.75) is 25.3 Å². The third kappa shape index (κ3) is 4.26. The lowest BCUT2D eigenvalue weighted by atomic mass is 10.1. The number of aromatic nitrogens is 4. The van der Waals surface area contributed by atoms with Crippen molar-refractivity contribution in [3.63, 3.8) is 0 Å². The summed E-state index contributed by atoms with van der Waals surface area (Å²) in [6.45, 7) is 1.09. The minimum absolute atomic E-state index is 0.222. The van der Waals surface area contributed by atoms with Crippen LogP contribution in [0.2, 0.25) is 0 Å². The van der Waals surface area contributed by atoms with Gasteiger partial charge in [-0.05, 0) is 36.6 Å². The monoisotopic (exact) mass is 435 g/mol. The van der Waals surface area contributed by atoms with E-state index in [1.165, 1.54) is 11.8 Å². The van der Waals surface area contributed by atoms with Crippen molar-refractivity contribution in [1.82, 2.24) is 24.1 Å². The van der Waals surface area contributed by atoms with E-state index in [9.17, 15) is 8.42 Å². The molecule has 1 aliphatic rings. The number of rotatable bonds is 5. The molecule has 0 unspecified atom stereocenters.